The molecule has 5 nitrogen and oxygen atoms in total. The van der Waals surface area contributed by atoms with Crippen molar-refractivity contribution in [3.05, 3.63) is 51.7 Å². The SMILES string of the molecule is CCCCN(C)C(=O)c1cccc(S(=O)(=O)N2CCc3sccc3C2)c1. The molecule has 2 heterocycles. The molecule has 0 saturated heterocycles. The summed E-state index contributed by atoms with van der Waals surface area (Å²) in [5.41, 5.74) is 1.49. The summed E-state index contributed by atoms with van der Waals surface area (Å²) >= 11 is 1.68. The summed E-state index contributed by atoms with van der Waals surface area (Å²) in [4.78, 5) is 15.6. The molecule has 0 radical (unpaired) electrons. The minimum absolute atomic E-state index is 0.144. The second kappa shape index (κ2) is 7.90. The first kappa shape index (κ1) is 19.1. The molecular weight excluding hydrogens is 368 g/mol. The number of benzene rings is 1. The topological polar surface area (TPSA) is 57.7 Å². The molecule has 2 aromatic rings. The van der Waals surface area contributed by atoms with Gasteiger partial charge in [0.15, 0.2) is 0 Å². The van der Waals surface area contributed by atoms with Crippen molar-refractivity contribution in [2.24, 2.45) is 0 Å². The van der Waals surface area contributed by atoms with E-state index in [9.17, 15) is 13.2 Å². The molecule has 0 bridgehead atoms. The van der Waals surface area contributed by atoms with E-state index in [1.54, 1.807) is 41.5 Å². The van der Waals surface area contributed by atoms with E-state index < -0.39 is 10.0 Å². The molecule has 1 aliphatic rings. The van der Waals surface area contributed by atoms with Crippen LogP contribution in [-0.2, 0) is 23.0 Å². The summed E-state index contributed by atoms with van der Waals surface area (Å²) in [5.74, 6) is -0.144. The zero-order chi connectivity index (χ0) is 18.7. The Morgan fingerprint density at radius 1 is 1.31 bits per heavy atom. The van der Waals surface area contributed by atoms with E-state index in [0.29, 0.717) is 25.2 Å². The van der Waals surface area contributed by atoms with Crippen molar-refractivity contribution in [3.63, 3.8) is 0 Å². The summed E-state index contributed by atoms with van der Waals surface area (Å²) in [5, 5.41) is 2.01. The molecule has 3 rings (SSSR count). The van der Waals surface area contributed by atoms with E-state index in [2.05, 4.69) is 6.92 Å². The third kappa shape index (κ3) is 3.84. The highest BCUT2D eigenvalue weighted by atomic mass is 32.2. The first-order chi connectivity index (χ1) is 12.4. The molecule has 0 fully saturated rings. The Bertz CT molecular complexity index is 890. The van der Waals surface area contributed by atoms with Crippen molar-refractivity contribution in [2.75, 3.05) is 20.1 Å². The fraction of sp³-hybridized carbons (Fsp3) is 0.421. The van der Waals surface area contributed by atoms with Crippen LogP contribution in [0.4, 0.5) is 0 Å². The fourth-order valence-electron chi connectivity index (χ4n) is 3.08. The number of rotatable bonds is 6. The van der Waals surface area contributed by atoms with Crippen molar-refractivity contribution in [1.82, 2.24) is 9.21 Å². The van der Waals surface area contributed by atoms with E-state index in [1.807, 2.05) is 11.4 Å². The molecule has 0 spiro atoms. The summed E-state index contributed by atoms with van der Waals surface area (Å²) in [6.07, 6.45) is 2.67. The van der Waals surface area contributed by atoms with Crippen LogP contribution in [0.25, 0.3) is 0 Å². The molecule has 0 saturated carbocycles. The van der Waals surface area contributed by atoms with Crippen LogP contribution in [0.2, 0.25) is 0 Å². The van der Waals surface area contributed by atoms with Gasteiger partial charge in [0.25, 0.3) is 5.91 Å². The largest absolute Gasteiger partial charge is 0.342 e. The van der Waals surface area contributed by atoms with Crippen LogP contribution < -0.4 is 0 Å². The van der Waals surface area contributed by atoms with Crippen molar-refractivity contribution >= 4 is 27.3 Å². The van der Waals surface area contributed by atoms with E-state index in [0.717, 1.165) is 24.8 Å². The van der Waals surface area contributed by atoms with E-state index in [4.69, 9.17) is 0 Å². The van der Waals surface area contributed by atoms with Gasteiger partial charge in [-0.15, -0.1) is 11.3 Å². The lowest BCUT2D eigenvalue weighted by Gasteiger charge is -2.26. The van der Waals surface area contributed by atoms with Gasteiger partial charge in [-0.2, -0.15) is 4.31 Å². The Hall–Kier alpha value is -1.70. The highest BCUT2D eigenvalue weighted by Crippen LogP contribution is 2.28. The molecule has 0 unspecified atom stereocenters. The number of nitrogens with zero attached hydrogens (tertiary/aromatic N) is 2. The van der Waals surface area contributed by atoms with Crippen molar-refractivity contribution < 1.29 is 13.2 Å². The molecule has 140 valence electrons. The number of sulfonamides is 1. The number of hydrogen-bond donors (Lipinski definition) is 0. The van der Waals surface area contributed by atoms with Gasteiger partial charge in [0, 0.05) is 37.1 Å². The summed E-state index contributed by atoms with van der Waals surface area (Å²) in [6.45, 7) is 3.61. The first-order valence-electron chi connectivity index (χ1n) is 8.84. The van der Waals surface area contributed by atoms with Gasteiger partial charge in [-0.05, 0) is 48.1 Å². The van der Waals surface area contributed by atoms with Crippen molar-refractivity contribution in [2.45, 2.75) is 37.6 Å². The molecule has 1 amide bonds. The number of hydrogen-bond acceptors (Lipinski definition) is 4. The summed E-state index contributed by atoms with van der Waals surface area (Å²) in [6, 6.07) is 8.39. The Labute approximate surface area is 159 Å². The standard InChI is InChI=1S/C19H24N2O3S2/c1-3-4-10-20(2)19(22)15-6-5-7-17(13-15)26(23,24)21-11-8-18-16(14-21)9-12-25-18/h5-7,9,12-13H,3-4,8,10-11,14H2,1-2H3. The highest BCUT2D eigenvalue weighted by Gasteiger charge is 2.29. The lowest BCUT2D eigenvalue weighted by molar-refractivity contribution is 0.0793. The second-order valence-electron chi connectivity index (χ2n) is 6.57. The van der Waals surface area contributed by atoms with Crippen LogP contribution in [0.5, 0.6) is 0 Å². The molecule has 26 heavy (non-hydrogen) atoms. The van der Waals surface area contributed by atoms with Gasteiger partial charge in [-0.3, -0.25) is 4.79 Å². The molecular formula is C19H24N2O3S2. The van der Waals surface area contributed by atoms with Crippen LogP contribution >= 0.6 is 11.3 Å². The van der Waals surface area contributed by atoms with E-state index in [1.165, 1.54) is 15.2 Å². The predicted octanol–water partition coefficient (Wildman–Crippen LogP) is 3.37. The minimum atomic E-state index is -3.61. The molecule has 0 N–H and O–H groups in total. The number of amides is 1. The van der Waals surface area contributed by atoms with Crippen LogP contribution in [0, 0.1) is 0 Å². The quantitative estimate of drug-likeness (QED) is 0.757. The molecule has 1 aromatic heterocycles. The van der Waals surface area contributed by atoms with Gasteiger partial charge in [0.2, 0.25) is 10.0 Å². The second-order valence-corrected chi connectivity index (χ2v) is 9.50. The zero-order valence-corrected chi connectivity index (χ0v) is 16.8. The number of carbonyl (C=O) groups is 1. The Morgan fingerprint density at radius 3 is 2.88 bits per heavy atom. The molecule has 1 aromatic carbocycles. The van der Waals surface area contributed by atoms with E-state index >= 15 is 0 Å². The maximum absolute atomic E-state index is 13.0. The van der Waals surface area contributed by atoms with Gasteiger partial charge in [-0.1, -0.05) is 19.4 Å². The zero-order valence-electron chi connectivity index (χ0n) is 15.1. The summed E-state index contributed by atoms with van der Waals surface area (Å²) < 4.78 is 27.6. The smallest absolute Gasteiger partial charge is 0.253 e. The van der Waals surface area contributed by atoms with Crippen LogP contribution in [0.15, 0.2) is 40.6 Å². The van der Waals surface area contributed by atoms with Gasteiger partial charge >= 0.3 is 0 Å². The van der Waals surface area contributed by atoms with Crippen LogP contribution in [0.3, 0.4) is 0 Å². The van der Waals surface area contributed by atoms with Gasteiger partial charge < -0.3 is 4.90 Å². The molecule has 1 aliphatic heterocycles. The Kier molecular flexibility index (Phi) is 5.79. The van der Waals surface area contributed by atoms with Crippen LogP contribution in [0.1, 0.15) is 40.6 Å². The number of unbranched alkanes of at least 4 members (excludes halogenated alkanes) is 1. The number of fused-ring (bicyclic) bond motifs is 1. The maximum Gasteiger partial charge on any atom is 0.253 e. The van der Waals surface area contributed by atoms with Gasteiger partial charge in [0.05, 0.1) is 4.90 Å². The van der Waals surface area contributed by atoms with Gasteiger partial charge in [0.1, 0.15) is 0 Å². The normalized spacial score (nSPS) is 14.8. The molecule has 0 aliphatic carbocycles. The highest BCUT2D eigenvalue weighted by molar-refractivity contribution is 7.89. The Morgan fingerprint density at radius 2 is 2.12 bits per heavy atom. The molecule has 0 atom stereocenters. The third-order valence-corrected chi connectivity index (χ3v) is 7.55. The van der Waals surface area contributed by atoms with Crippen molar-refractivity contribution in [1.29, 1.82) is 0 Å². The minimum Gasteiger partial charge on any atom is -0.342 e. The van der Waals surface area contributed by atoms with E-state index in [-0.39, 0.29) is 10.8 Å². The number of thiophene rings is 1. The summed E-state index contributed by atoms with van der Waals surface area (Å²) in [7, 11) is -1.86. The number of carbonyl (C=O) groups excluding carboxylic acids is 1. The fourth-order valence-corrected chi connectivity index (χ4v) is 5.44. The first-order valence-corrected chi connectivity index (χ1v) is 11.2. The van der Waals surface area contributed by atoms with Crippen molar-refractivity contribution in [3.8, 4) is 0 Å². The van der Waals surface area contributed by atoms with Gasteiger partial charge in [-0.25, -0.2) is 8.42 Å². The van der Waals surface area contributed by atoms with Crippen LogP contribution in [-0.4, -0.2) is 43.7 Å². The maximum atomic E-state index is 13.0. The molecule has 7 heteroatoms. The Balaban J connectivity index is 1.82. The predicted molar refractivity (Wildman–Crippen MR) is 104 cm³/mol. The lowest BCUT2D eigenvalue weighted by atomic mass is 10.1. The third-order valence-electron chi connectivity index (χ3n) is 4.69. The monoisotopic (exact) mass is 392 g/mol. The average molecular weight is 393 g/mol. The average Bonchev–Trinajstić information content (AvgIpc) is 3.13. The lowest BCUT2D eigenvalue weighted by Crippen LogP contribution is -2.35.